The van der Waals surface area contributed by atoms with Gasteiger partial charge in [0.25, 0.3) is 0 Å². The lowest BCUT2D eigenvalue weighted by atomic mass is 9.84. The molecule has 2 aliphatic rings. The van der Waals surface area contributed by atoms with E-state index < -0.39 is 6.10 Å². The first-order valence-corrected chi connectivity index (χ1v) is 10.7. The molecule has 0 saturated heterocycles. The Morgan fingerprint density at radius 1 is 0.906 bits per heavy atom. The predicted molar refractivity (Wildman–Crippen MR) is 121 cm³/mol. The number of ether oxygens (including phenoxy) is 1. The molecule has 0 fully saturated rings. The molecule has 3 aromatic carbocycles. The Bertz CT molecular complexity index is 1370. The van der Waals surface area contributed by atoms with Gasteiger partial charge in [0, 0.05) is 21.2 Å². The molecule has 0 radical (unpaired) electrons. The first-order chi connectivity index (χ1) is 15.6. The van der Waals surface area contributed by atoms with Crippen molar-refractivity contribution in [2.24, 2.45) is 0 Å². The monoisotopic (exact) mass is 464 g/mol. The van der Waals surface area contributed by atoms with Crippen molar-refractivity contribution in [2.75, 3.05) is 5.32 Å². The molecule has 3 heterocycles. The van der Waals surface area contributed by atoms with E-state index >= 15 is 0 Å². The number of halogens is 3. The molecule has 0 saturated carbocycles. The molecule has 158 valence electrons. The van der Waals surface area contributed by atoms with Gasteiger partial charge in [-0.25, -0.2) is 9.07 Å². The summed E-state index contributed by atoms with van der Waals surface area (Å²) in [4.78, 5) is 4.39. The maximum absolute atomic E-state index is 13.7. The van der Waals surface area contributed by atoms with Crippen molar-refractivity contribution in [1.82, 2.24) is 14.8 Å². The average molecular weight is 465 g/mol. The summed E-state index contributed by atoms with van der Waals surface area (Å²) in [6, 6.07) is 19.1. The van der Waals surface area contributed by atoms with E-state index in [2.05, 4.69) is 15.4 Å². The Kier molecular flexibility index (Phi) is 4.45. The van der Waals surface area contributed by atoms with Crippen molar-refractivity contribution < 1.29 is 9.13 Å². The van der Waals surface area contributed by atoms with Gasteiger partial charge in [0.05, 0.1) is 5.70 Å². The second-order valence-electron chi connectivity index (χ2n) is 7.63. The van der Waals surface area contributed by atoms with Crippen molar-refractivity contribution >= 4 is 34.8 Å². The zero-order valence-electron chi connectivity index (χ0n) is 16.5. The van der Waals surface area contributed by atoms with E-state index in [0.717, 1.165) is 28.0 Å². The van der Waals surface area contributed by atoms with Crippen LogP contribution in [0.2, 0.25) is 10.0 Å². The van der Waals surface area contributed by atoms with E-state index in [-0.39, 0.29) is 11.9 Å². The number of hydrogen-bond donors (Lipinski definition) is 1. The van der Waals surface area contributed by atoms with Crippen LogP contribution in [-0.2, 0) is 0 Å². The second kappa shape index (κ2) is 7.36. The van der Waals surface area contributed by atoms with Crippen LogP contribution in [0.15, 0.2) is 78.6 Å². The van der Waals surface area contributed by atoms with Crippen LogP contribution in [0.4, 0.5) is 10.3 Å². The molecule has 1 aromatic heterocycles. The van der Waals surface area contributed by atoms with Crippen LogP contribution in [0.3, 0.4) is 0 Å². The maximum Gasteiger partial charge on any atom is 0.226 e. The Hall–Kier alpha value is -3.35. The Labute approximate surface area is 193 Å². The Morgan fingerprint density at radius 3 is 2.41 bits per heavy atom. The smallest absolute Gasteiger partial charge is 0.226 e. The number of rotatable bonds is 2. The van der Waals surface area contributed by atoms with E-state index in [9.17, 15) is 4.39 Å². The van der Waals surface area contributed by atoms with Crippen LogP contribution in [0.1, 0.15) is 28.8 Å². The van der Waals surface area contributed by atoms with Gasteiger partial charge in [-0.05, 0) is 53.6 Å². The summed E-state index contributed by atoms with van der Waals surface area (Å²) in [6.45, 7) is 0. The molecule has 1 N–H and O–H groups in total. The van der Waals surface area contributed by atoms with Gasteiger partial charge >= 0.3 is 0 Å². The molecule has 5 nitrogen and oxygen atoms in total. The fourth-order valence-electron chi connectivity index (χ4n) is 4.32. The van der Waals surface area contributed by atoms with Crippen LogP contribution in [0, 0.1) is 5.82 Å². The first-order valence-electron chi connectivity index (χ1n) is 9.96. The van der Waals surface area contributed by atoms with E-state index in [0.29, 0.717) is 21.7 Å². The highest BCUT2D eigenvalue weighted by Crippen LogP contribution is 2.51. The Balaban J connectivity index is 1.63. The molecule has 0 amide bonds. The number of nitrogens with zero attached hydrogens (tertiary/aromatic N) is 3. The molecule has 0 spiro atoms. The molecule has 6 rings (SSSR count). The number of fused-ring (bicyclic) bond motifs is 3. The zero-order valence-corrected chi connectivity index (χ0v) is 18.0. The summed E-state index contributed by atoms with van der Waals surface area (Å²) in [5.74, 6) is 0.981. The van der Waals surface area contributed by atoms with Crippen molar-refractivity contribution in [3.8, 4) is 5.75 Å². The fourth-order valence-corrected chi connectivity index (χ4v) is 4.62. The van der Waals surface area contributed by atoms with Crippen LogP contribution in [-0.4, -0.2) is 14.8 Å². The SMILES string of the molecule is Fc1ccc(C2C3=C(Nc4ncnn42)c2cc(Cl)ccc2OC3c2ccc(Cl)cc2)cc1. The molecule has 8 heteroatoms. The van der Waals surface area contributed by atoms with Crippen LogP contribution in [0.25, 0.3) is 5.70 Å². The van der Waals surface area contributed by atoms with Gasteiger partial charge in [-0.2, -0.15) is 10.1 Å². The minimum Gasteiger partial charge on any atom is -0.480 e. The van der Waals surface area contributed by atoms with Gasteiger partial charge in [-0.1, -0.05) is 47.5 Å². The first kappa shape index (κ1) is 19.3. The van der Waals surface area contributed by atoms with E-state index in [1.54, 1.807) is 22.9 Å². The van der Waals surface area contributed by atoms with Crippen LogP contribution < -0.4 is 10.1 Å². The summed E-state index contributed by atoms with van der Waals surface area (Å²) in [5, 5.41) is 9.10. The normalized spacial score (nSPS) is 18.8. The van der Waals surface area contributed by atoms with Crippen molar-refractivity contribution in [3.05, 3.63) is 111 Å². The van der Waals surface area contributed by atoms with Gasteiger partial charge in [0.2, 0.25) is 5.95 Å². The largest absolute Gasteiger partial charge is 0.480 e. The third-order valence-corrected chi connectivity index (χ3v) is 6.22. The minimum atomic E-state index is -0.434. The van der Waals surface area contributed by atoms with Crippen LogP contribution >= 0.6 is 23.2 Å². The van der Waals surface area contributed by atoms with Crippen LogP contribution in [0.5, 0.6) is 5.75 Å². The molecule has 32 heavy (non-hydrogen) atoms. The highest BCUT2D eigenvalue weighted by molar-refractivity contribution is 6.31. The standard InChI is InChI=1S/C24H15Cl2FN4O/c25-15-5-1-14(2-6-15)23-20-21(18-11-16(26)7-10-19(18)32-23)30-24-28-12-29-31(24)22(20)13-3-8-17(27)9-4-13/h1-12,22-23H,(H,28,29,30). The molecule has 4 aromatic rings. The number of nitrogens with one attached hydrogen (secondary N) is 1. The average Bonchev–Trinajstić information content (AvgIpc) is 3.27. The van der Waals surface area contributed by atoms with Gasteiger partial charge in [0.15, 0.2) is 0 Å². The highest BCUT2D eigenvalue weighted by atomic mass is 35.5. The number of anilines is 1. The molecule has 0 bridgehead atoms. The molecular formula is C24H15Cl2FN4O. The minimum absolute atomic E-state index is 0.304. The summed E-state index contributed by atoms with van der Waals surface area (Å²) in [5.41, 5.74) is 4.40. The van der Waals surface area contributed by atoms with Gasteiger partial charge < -0.3 is 10.1 Å². The summed E-state index contributed by atoms with van der Waals surface area (Å²) in [6.07, 6.45) is 1.06. The molecule has 2 atom stereocenters. The maximum atomic E-state index is 13.7. The van der Waals surface area contributed by atoms with Gasteiger partial charge in [-0.15, -0.1) is 0 Å². The molecule has 2 aliphatic heterocycles. The summed E-state index contributed by atoms with van der Waals surface area (Å²) in [7, 11) is 0. The highest BCUT2D eigenvalue weighted by Gasteiger charge is 2.41. The second-order valence-corrected chi connectivity index (χ2v) is 8.50. The number of aromatic nitrogens is 3. The number of hydrogen-bond acceptors (Lipinski definition) is 4. The predicted octanol–water partition coefficient (Wildman–Crippen LogP) is 6.28. The lowest BCUT2D eigenvalue weighted by molar-refractivity contribution is 0.223. The van der Waals surface area contributed by atoms with E-state index in [1.807, 2.05) is 36.4 Å². The summed E-state index contributed by atoms with van der Waals surface area (Å²) >= 11 is 12.5. The third-order valence-electron chi connectivity index (χ3n) is 5.73. The topological polar surface area (TPSA) is 52.0 Å². The quantitative estimate of drug-likeness (QED) is 0.379. The molecular weight excluding hydrogens is 450 g/mol. The molecule has 0 aliphatic carbocycles. The Morgan fingerprint density at radius 2 is 1.62 bits per heavy atom. The lowest BCUT2D eigenvalue weighted by Crippen LogP contribution is -2.32. The third kappa shape index (κ3) is 3.06. The molecule has 2 unspecified atom stereocenters. The lowest BCUT2D eigenvalue weighted by Gasteiger charge is -2.39. The zero-order chi connectivity index (χ0) is 21.8. The van der Waals surface area contributed by atoms with Crippen molar-refractivity contribution in [3.63, 3.8) is 0 Å². The number of benzene rings is 3. The van der Waals surface area contributed by atoms with Gasteiger partial charge in [-0.3, -0.25) is 0 Å². The fraction of sp³-hybridized carbons (Fsp3) is 0.0833. The van der Waals surface area contributed by atoms with Crippen molar-refractivity contribution in [1.29, 1.82) is 0 Å². The van der Waals surface area contributed by atoms with Crippen molar-refractivity contribution in [2.45, 2.75) is 12.1 Å². The summed E-state index contributed by atoms with van der Waals surface area (Å²) < 4.78 is 22.0. The van der Waals surface area contributed by atoms with E-state index in [4.69, 9.17) is 27.9 Å². The van der Waals surface area contributed by atoms with Gasteiger partial charge in [0.1, 0.15) is 30.0 Å². The van der Waals surface area contributed by atoms with E-state index in [1.165, 1.54) is 18.5 Å².